The Bertz CT molecular complexity index is 223. The Balaban J connectivity index is 4.44. The van der Waals surface area contributed by atoms with E-state index in [9.17, 15) is 0 Å². The van der Waals surface area contributed by atoms with Crippen LogP contribution in [0, 0.1) is 11.3 Å². The maximum absolute atomic E-state index is 8.57. The van der Waals surface area contributed by atoms with Crippen LogP contribution in [-0.2, 0) is 4.52 Å². The summed E-state index contributed by atoms with van der Waals surface area (Å²) < 4.78 is 9.56. The summed E-state index contributed by atoms with van der Waals surface area (Å²) in [7, 11) is -0.543. The van der Waals surface area contributed by atoms with Crippen LogP contribution in [0.2, 0.25) is 0 Å². The Labute approximate surface area is 121 Å². The van der Waals surface area contributed by atoms with E-state index in [1.54, 1.807) is 0 Å². The molecule has 17 heavy (non-hydrogen) atoms. The molecule has 0 aromatic heterocycles. The molecule has 0 bridgehead atoms. The van der Waals surface area contributed by atoms with Gasteiger partial charge in [-0.1, -0.05) is 22.6 Å². The molecule has 0 aromatic carbocycles. The molecule has 0 saturated carbocycles. The van der Waals surface area contributed by atoms with Gasteiger partial charge in [0.25, 0.3) is 0 Å². The van der Waals surface area contributed by atoms with E-state index >= 15 is 0 Å². The topological polar surface area (TPSA) is 36.3 Å². The quantitative estimate of drug-likeness (QED) is 0.265. The van der Waals surface area contributed by atoms with Crippen molar-refractivity contribution in [2.24, 2.45) is 0 Å². The molecule has 0 fully saturated rings. The van der Waals surface area contributed by atoms with Crippen LogP contribution in [0.5, 0.6) is 0 Å². The van der Waals surface area contributed by atoms with E-state index in [0.717, 1.165) is 6.16 Å². The highest BCUT2D eigenvalue weighted by Gasteiger charge is 2.24. The fourth-order valence-corrected chi connectivity index (χ4v) is 4.99. The molecule has 0 radical (unpaired) electrons. The van der Waals surface area contributed by atoms with E-state index < -0.39 is 8.30 Å². The maximum atomic E-state index is 8.57. The minimum Gasteiger partial charge on any atom is -0.342 e. The first kappa shape index (κ1) is 17.6. The van der Waals surface area contributed by atoms with Crippen molar-refractivity contribution in [3.05, 3.63) is 0 Å². The van der Waals surface area contributed by atoms with E-state index in [1.165, 1.54) is 10.8 Å². The average molecular weight is 370 g/mol. The number of hydrogen-bond acceptors (Lipinski definition) is 3. The smallest absolute Gasteiger partial charge is 0.104 e. The van der Waals surface area contributed by atoms with Crippen LogP contribution in [0.25, 0.3) is 0 Å². The number of rotatable bonds is 9. The predicted molar refractivity (Wildman–Crippen MR) is 83.6 cm³/mol. The molecule has 0 rings (SSSR count). The summed E-state index contributed by atoms with van der Waals surface area (Å²) in [4.78, 5) is 0. The lowest BCUT2D eigenvalue weighted by Gasteiger charge is -2.37. The standard InChI is InChI=1S/C12H24IN2OP/c1-11(2)15(12(3)4)17(10-5-7-13)16-9-6-8-14/h11-12H,5-7,9-10H2,1-4H3. The molecular formula is C12H24IN2OP. The highest BCUT2D eigenvalue weighted by atomic mass is 127. The van der Waals surface area contributed by atoms with Crippen LogP contribution in [0.4, 0.5) is 0 Å². The van der Waals surface area contributed by atoms with E-state index in [1.807, 2.05) is 0 Å². The number of nitriles is 1. The monoisotopic (exact) mass is 370 g/mol. The van der Waals surface area contributed by atoms with E-state index in [2.05, 4.69) is 61.0 Å². The SMILES string of the molecule is CC(C)N(C(C)C)P(CCCI)OCCC#N. The molecule has 0 aromatic rings. The molecule has 5 heteroatoms. The van der Waals surface area contributed by atoms with E-state index in [-0.39, 0.29) is 0 Å². The summed E-state index contributed by atoms with van der Waals surface area (Å²) in [6.45, 7) is 9.43. The molecular weight excluding hydrogens is 346 g/mol. The zero-order valence-corrected chi connectivity index (χ0v) is 14.4. The van der Waals surface area contributed by atoms with Crippen LogP contribution < -0.4 is 0 Å². The van der Waals surface area contributed by atoms with Crippen molar-refractivity contribution in [3.8, 4) is 6.07 Å². The lowest BCUT2D eigenvalue weighted by Crippen LogP contribution is -2.33. The minimum absolute atomic E-state index is 0.493. The second kappa shape index (κ2) is 10.5. The molecule has 0 amide bonds. The first-order chi connectivity index (χ1) is 8.04. The summed E-state index contributed by atoms with van der Waals surface area (Å²) in [5, 5.41) is 8.57. The van der Waals surface area contributed by atoms with Gasteiger partial charge in [-0.15, -0.1) is 0 Å². The third kappa shape index (κ3) is 7.56. The molecule has 0 aliphatic rings. The largest absolute Gasteiger partial charge is 0.342 e. The fraction of sp³-hybridized carbons (Fsp3) is 0.917. The predicted octanol–water partition coefficient (Wildman–Crippen LogP) is 4.17. The zero-order chi connectivity index (χ0) is 13.3. The third-order valence-electron chi connectivity index (χ3n) is 2.25. The molecule has 0 spiro atoms. The van der Waals surface area contributed by atoms with E-state index in [0.29, 0.717) is 25.1 Å². The Kier molecular flexibility index (Phi) is 10.8. The van der Waals surface area contributed by atoms with Crippen molar-refractivity contribution in [2.45, 2.75) is 52.6 Å². The molecule has 1 atom stereocenters. The van der Waals surface area contributed by atoms with Gasteiger partial charge in [-0.25, -0.2) is 0 Å². The first-order valence-corrected chi connectivity index (χ1v) is 9.08. The summed E-state index contributed by atoms with van der Waals surface area (Å²) in [5.41, 5.74) is 0. The van der Waals surface area contributed by atoms with Crippen molar-refractivity contribution >= 4 is 30.9 Å². The van der Waals surface area contributed by atoms with Gasteiger partial charge in [0.05, 0.1) is 19.1 Å². The van der Waals surface area contributed by atoms with Crippen molar-refractivity contribution in [2.75, 3.05) is 17.2 Å². The van der Waals surface area contributed by atoms with Crippen LogP contribution in [-0.4, -0.2) is 34.0 Å². The molecule has 3 nitrogen and oxygen atoms in total. The fourth-order valence-electron chi connectivity index (χ4n) is 1.75. The molecule has 100 valence electrons. The second-order valence-corrected chi connectivity index (χ2v) is 7.38. The number of hydrogen-bond donors (Lipinski definition) is 0. The van der Waals surface area contributed by atoms with Gasteiger partial charge >= 0.3 is 0 Å². The lowest BCUT2D eigenvalue weighted by atomic mass is 10.3. The van der Waals surface area contributed by atoms with Crippen LogP contribution in [0.15, 0.2) is 0 Å². The maximum Gasteiger partial charge on any atom is 0.104 e. The van der Waals surface area contributed by atoms with Crippen molar-refractivity contribution in [1.29, 1.82) is 5.26 Å². The number of halogens is 1. The first-order valence-electron chi connectivity index (χ1n) is 6.16. The lowest BCUT2D eigenvalue weighted by molar-refractivity contribution is 0.256. The van der Waals surface area contributed by atoms with Gasteiger partial charge in [0.15, 0.2) is 0 Å². The van der Waals surface area contributed by atoms with Gasteiger partial charge in [0.2, 0.25) is 0 Å². The number of alkyl halides is 1. The highest BCUT2D eigenvalue weighted by Crippen LogP contribution is 2.45. The molecule has 0 aliphatic carbocycles. The van der Waals surface area contributed by atoms with Crippen LogP contribution in [0.1, 0.15) is 40.5 Å². The molecule has 0 aliphatic heterocycles. The van der Waals surface area contributed by atoms with E-state index in [4.69, 9.17) is 9.79 Å². The second-order valence-electron chi connectivity index (χ2n) is 4.43. The Morgan fingerprint density at radius 2 is 1.88 bits per heavy atom. The molecule has 1 unspecified atom stereocenters. The Hall–Kier alpha value is 0.570. The zero-order valence-electron chi connectivity index (χ0n) is 11.3. The normalized spacial score (nSPS) is 13.4. The molecule has 0 saturated heterocycles. The number of nitrogens with zero attached hydrogens (tertiary/aromatic N) is 2. The van der Waals surface area contributed by atoms with Gasteiger partial charge in [-0.2, -0.15) is 5.26 Å². The van der Waals surface area contributed by atoms with Gasteiger partial charge in [-0.3, -0.25) is 4.67 Å². The summed E-state index contributed by atoms with van der Waals surface area (Å²) in [5.74, 6) is 0. The molecule has 0 heterocycles. The Morgan fingerprint density at radius 1 is 1.29 bits per heavy atom. The van der Waals surface area contributed by atoms with Gasteiger partial charge in [0.1, 0.15) is 8.30 Å². The summed E-state index contributed by atoms with van der Waals surface area (Å²) >= 11 is 2.41. The highest BCUT2D eigenvalue weighted by molar-refractivity contribution is 14.1. The summed E-state index contributed by atoms with van der Waals surface area (Å²) in [6.07, 6.45) is 2.79. The van der Waals surface area contributed by atoms with Crippen LogP contribution >= 0.6 is 30.9 Å². The minimum atomic E-state index is -0.543. The van der Waals surface area contributed by atoms with Gasteiger partial charge < -0.3 is 4.52 Å². The Morgan fingerprint density at radius 3 is 2.29 bits per heavy atom. The van der Waals surface area contributed by atoms with Gasteiger partial charge in [0, 0.05) is 18.2 Å². The third-order valence-corrected chi connectivity index (χ3v) is 5.63. The van der Waals surface area contributed by atoms with Crippen molar-refractivity contribution < 1.29 is 4.52 Å². The summed E-state index contributed by atoms with van der Waals surface area (Å²) in [6, 6.07) is 3.14. The van der Waals surface area contributed by atoms with Crippen molar-refractivity contribution in [1.82, 2.24) is 4.67 Å². The van der Waals surface area contributed by atoms with Crippen molar-refractivity contribution in [3.63, 3.8) is 0 Å². The molecule has 0 N–H and O–H groups in total. The average Bonchev–Trinajstić information content (AvgIpc) is 2.24. The van der Waals surface area contributed by atoms with Gasteiger partial charge in [-0.05, 0) is 38.5 Å². The van der Waals surface area contributed by atoms with Crippen LogP contribution in [0.3, 0.4) is 0 Å².